The van der Waals surface area contributed by atoms with E-state index in [1.807, 2.05) is 13.8 Å². The molecule has 0 aromatic carbocycles. The first kappa shape index (κ1) is 15.8. The number of nitrogens with zero attached hydrogens (tertiary/aromatic N) is 2. The van der Waals surface area contributed by atoms with Gasteiger partial charge in [-0.05, 0) is 26.7 Å². The maximum Gasteiger partial charge on any atom is 0.471 e. The zero-order valence-electron chi connectivity index (χ0n) is 11.2. The molecule has 110 valence electrons. The first-order chi connectivity index (χ1) is 8.81. The van der Waals surface area contributed by atoms with Crippen LogP contribution >= 0.6 is 0 Å². The van der Waals surface area contributed by atoms with Crippen molar-refractivity contribution in [1.29, 1.82) is 0 Å². The number of halogens is 3. The molecule has 19 heavy (non-hydrogen) atoms. The highest BCUT2D eigenvalue weighted by Gasteiger charge is 2.44. The van der Waals surface area contributed by atoms with Gasteiger partial charge in [-0.15, -0.1) is 0 Å². The van der Waals surface area contributed by atoms with Crippen LogP contribution in [-0.4, -0.2) is 54.0 Å². The van der Waals surface area contributed by atoms with E-state index in [1.54, 1.807) is 4.90 Å². The molecule has 1 atom stereocenters. The van der Waals surface area contributed by atoms with Crippen molar-refractivity contribution in [1.82, 2.24) is 9.80 Å². The second-order valence-electron chi connectivity index (χ2n) is 4.60. The summed E-state index contributed by atoms with van der Waals surface area (Å²) in [5.41, 5.74) is 0. The first-order valence-corrected chi connectivity index (χ1v) is 6.46. The third kappa shape index (κ3) is 3.84. The lowest BCUT2D eigenvalue weighted by Gasteiger charge is -2.34. The van der Waals surface area contributed by atoms with Crippen LogP contribution < -0.4 is 0 Å². The van der Waals surface area contributed by atoms with Crippen molar-refractivity contribution < 1.29 is 22.8 Å². The number of rotatable bonds is 3. The van der Waals surface area contributed by atoms with Crippen LogP contribution in [0.15, 0.2) is 0 Å². The number of alkyl halides is 3. The van der Waals surface area contributed by atoms with Gasteiger partial charge in [0.2, 0.25) is 5.91 Å². The summed E-state index contributed by atoms with van der Waals surface area (Å²) in [6, 6.07) is 0. The van der Waals surface area contributed by atoms with Gasteiger partial charge in [0.1, 0.15) is 0 Å². The second kappa shape index (κ2) is 6.25. The number of piperidine rings is 1. The molecule has 4 nitrogen and oxygen atoms in total. The average molecular weight is 279 g/mol. The fourth-order valence-corrected chi connectivity index (χ4v) is 2.34. The summed E-state index contributed by atoms with van der Waals surface area (Å²) in [5.74, 6) is -2.52. The van der Waals surface area contributed by atoms with E-state index in [0.717, 1.165) is 4.90 Å². The summed E-state index contributed by atoms with van der Waals surface area (Å²) in [7, 11) is 0. The number of likely N-dealkylation sites (tertiary alicyclic amines) is 1. The Hall–Kier alpha value is -1.27. The van der Waals surface area contributed by atoms with Crippen LogP contribution in [0.2, 0.25) is 0 Å². The molecule has 0 aliphatic carbocycles. The van der Waals surface area contributed by atoms with Crippen LogP contribution in [0.5, 0.6) is 0 Å². The quantitative estimate of drug-likeness (QED) is 0.788. The van der Waals surface area contributed by atoms with Crippen LogP contribution in [0, 0.1) is 5.92 Å². The minimum Gasteiger partial charge on any atom is -0.343 e. The first-order valence-electron chi connectivity index (χ1n) is 6.46. The maximum absolute atomic E-state index is 12.4. The standard InChI is InChI=1S/C12H19F3N2O2/c1-3-16(4-2)10(18)9-6-5-7-17(8-9)11(19)12(13,14)15/h9H,3-8H2,1-2H3/i13-1. The minimum absolute atomic E-state index is 0.0698. The van der Waals surface area contributed by atoms with E-state index in [1.165, 1.54) is 0 Å². The van der Waals surface area contributed by atoms with Gasteiger partial charge in [0.25, 0.3) is 0 Å². The Morgan fingerprint density at radius 1 is 1.26 bits per heavy atom. The Bertz CT molecular complexity index is 340. The Morgan fingerprint density at radius 3 is 2.32 bits per heavy atom. The number of carbonyl (C=O) groups is 2. The highest BCUT2D eigenvalue weighted by atomic mass is 19.3. The summed E-state index contributed by atoms with van der Waals surface area (Å²) in [5, 5.41) is 0. The fourth-order valence-electron chi connectivity index (χ4n) is 2.34. The van der Waals surface area contributed by atoms with Crippen molar-refractivity contribution in [3.8, 4) is 0 Å². The van der Waals surface area contributed by atoms with E-state index in [0.29, 0.717) is 25.9 Å². The molecule has 0 N–H and O–H groups in total. The van der Waals surface area contributed by atoms with E-state index in [4.69, 9.17) is 0 Å². The summed E-state index contributed by atoms with van der Waals surface area (Å²) < 4.78 is 37.1. The monoisotopic (exact) mass is 279 g/mol. The van der Waals surface area contributed by atoms with Crippen LogP contribution in [0.1, 0.15) is 26.7 Å². The van der Waals surface area contributed by atoms with Gasteiger partial charge in [0.15, 0.2) is 0 Å². The molecular weight excluding hydrogens is 260 g/mol. The summed E-state index contributed by atoms with van der Waals surface area (Å²) in [6.45, 7) is 4.64. The van der Waals surface area contributed by atoms with Gasteiger partial charge in [0.05, 0.1) is 5.92 Å². The van der Waals surface area contributed by atoms with Crippen molar-refractivity contribution in [3.63, 3.8) is 0 Å². The number of carbonyl (C=O) groups excluding carboxylic acids is 2. The molecule has 1 aliphatic heterocycles. The average Bonchev–Trinajstić information content (AvgIpc) is 2.38. The van der Waals surface area contributed by atoms with Crippen LogP contribution in [0.3, 0.4) is 0 Å². The molecule has 0 radical (unpaired) electrons. The summed E-state index contributed by atoms with van der Waals surface area (Å²) in [4.78, 5) is 25.6. The molecule has 0 spiro atoms. The van der Waals surface area contributed by atoms with Gasteiger partial charge in [-0.2, -0.15) is 13.2 Å². The Balaban J connectivity index is 2.69. The van der Waals surface area contributed by atoms with Gasteiger partial charge in [0, 0.05) is 26.2 Å². The lowest BCUT2D eigenvalue weighted by molar-refractivity contribution is -0.187. The topological polar surface area (TPSA) is 40.6 Å². The molecule has 0 aromatic rings. The van der Waals surface area contributed by atoms with Crippen LogP contribution in [-0.2, 0) is 9.59 Å². The second-order valence-corrected chi connectivity index (χ2v) is 4.60. The van der Waals surface area contributed by atoms with Crippen molar-refractivity contribution in [2.75, 3.05) is 26.2 Å². The predicted molar refractivity (Wildman–Crippen MR) is 63.3 cm³/mol. The lowest BCUT2D eigenvalue weighted by Crippen LogP contribution is -2.50. The third-order valence-electron chi connectivity index (χ3n) is 3.38. The third-order valence-corrected chi connectivity index (χ3v) is 3.38. The molecule has 0 aromatic heterocycles. The van der Waals surface area contributed by atoms with Gasteiger partial charge in [-0.25, -0.2) is 0 Å². The van der Waals surface area contributed by atoms with Gasteiger partial charge >= 0.3 is 12.1 Å². The molecule has 1 unspecified atom stereocenters. The van der Waals surface area contributed by atoms with Crippen LogP contribution in [0.4, 0.5) is 13.2 Å². The molecule has 2 amide bonds. The van der Waals surface area contributed by atoms with Crippen molar-refractivity contribution in [2.24, 2.45) is 5.92 Å². The molecule has 1 rings (SSSR count). The summed E-state index contributed by atoms with van der Waals surface area (Å²) in [6.07, 6.45) is -3.89. The maximum atomic E-state index is 12.4. The predicted octanol–water partition coefficient (Wildman–Crippen LogP) is 1.66. The molecule has 1 aliphatic rings. The summed E-state index contributed by atoms with van der Waals surface area (Å²) >= 11 is 0. The van der Waals surface area contributed by atoms with Gasteiger partial charge in [-0.3, -0.25) is 9.59 Å². The van der Waals surface area contributed by atoms with Gasteiger partial charge < -0.3 is 9.80 Å². The molecule has 0 bridgehead atoms. The molecule has 1 fully saturated rings. The SMILES string of the molecule is CCN(CC)C(=O)C1CCCN(C(=O)C(F)(F)[18F])C1. The van der Waals surface area contributed by atoms with E-state index in [2.05, 4.69) is 0 Å². The minimum atomic E-state index is -4.86. The van der Waals surface area contributed by atoms with Crippen LogP contribution in [0.25, 0.3) is 0 Å². The number of hydrogen-bond acceptors (Lipinski definition) is 2. The Kier molecular flexibility index (Phi) is 5.20. The normalized spacial score (nSPS) is 20.3. The van der Waals surface area contributed by atoms with E-state index >= 15 is 0 Å². The molecule has 7 heteroatoms. The Labute approximate surface area is 110 Å². The number of hydrogen-bond donors (Lipinski definition) is 0. The largest absolute Gasteiger partial charge is 0.471 e. The lowest BCUT2D eigenvalue weighted by atomic mass is 9.96. The van der Waals surface area contributed by atoms with E-state index in [9.17, 15) is 22.8 Å². The smallest absolute Gasteiger partial charge is 0.343 e. The van der Waals surface area contributed by atoms with Gasteiger partial charge in [-0.1, -0.05) is 0 Å². The number of amides is 2. The van der Waals surface area contributed by atoms with E-state index < -0.39 is 18.0 Å². The van der Waals surface area contributed by atoms with Crippen molar-refractivity contribution >= 4 is 11.8 Å². The Morgan fingerprint density at radius 2 is 1.84 bits per heavy atom. The fraction of sp³-hybridized carbons (Fsp3) is 0.833. The highest BCUT2D eigenvalue weighted by molar-refractivity contribution is 5.84. The molecule has 1 heterocycles. The van der Waals surface area contributed by atoms with Crippen molar-refractivity contribution in [2.45, 2.75) is 32.9 Å². The zero-order chi connectivity index (χ0) is 14.6. The molecule has 0 saturated carbocycles. The van der Waals surface area contributed by atoms with E-state index in [-0.39, 0.29) is 19.0 Å². The highest BCUT2D eigenvalue weighted by Crippen LogP contribution is 2.24. The molecule has 1 saturated heterocycles. The zero-order valence-corrected chi connectivity index (χ0v) is 11.2. The van der Waals surface area contributed by atoms with Crippen molar-refractivity contribution in [3.05, 3.63) is 0 Å². The molecular formula is C12H19F3N2O2.